The van der Waals surface area contributed by atoms with Crippen LogP contribution in [0.15, 0.2) is 47.5 Å². The minimum atomic E-state index is -4.63. The number of halogens is 3. The molecule has 0 saturated carbocycles. The van der Waals surface area contributed by atoms with Crippen LogP contribution in [-0.2, 0) is 27.5 Å². The van der Waals surface area contributed by atoms with E-state index in [0.717, 1.165) is 28.1 Å². The molecule has 1 saturated heterocycles. The van der Waals surface area contributed by atoms with E-state index in [9.17, 15) is 26.4 Å². The maximum Gasteiger partial charge on any atom is 0.416 e. The van der Waals surface area contributed by atoms with Gasteiger partial charge < -0.3 is 10.1 Å². The number of carbonyl (C=O) groups is 1. The molecule has 1 aromatic heterocycles. The van der Waals surface area contributed by atoms with Crippen molar-refractivity contribution in [1.82, 2.24) is 14.6 Å². The second-order valence-corrected chi connectivity index (χ2v) is 9.30. The summed E-state index contributed by atoms with van der Waals surface area (Å²) in [5, 5.41) is 2.83. The SMILES string of the molecule is CCOc1cc(CNC(=O)C2CCN(S(=O)(=O)c3cccc(C(F)(F)F)c3)CC2)ccn1. The lowest BCUT2D eigenvalue weighted by Gasteiger charge is -2.30. The number of nitrogens with one attached hydrogen (secondary N) is 1. The zero-order valence-electron chi connectivity index (χ0n) is 17.4. The molecule has 174 valence electrons. The first-order chi connectivity index (χ1) is 15.1. The summed E-state index contributed by atoms with van der Waals surface area (Å²) in [6.07, 6.45) is -2.48. The predicted octanol–water partition coefficient (Wildman–Crippen LogP) is 3.22. The van der Waals surface area contributed by atoms with Crippen molar-refractivity contribution < 1.29 is 31.1 Å². The van der Waals surface area contributed by atoms with Gasteiger partial charge in [-0.15, -0.1) is 0 Å². The van der Waals surface area contributed by atoms with Crippen LogP contribution in [0.25, 0.3) is 0 Å². The Morgan fingerprint density at radius 2 is 1.94 bits per heavy atom. The number of piperidine rings is 1. The molecule has 0 bridgehead atoms. The molecular weight excluding hydrogens is 447 g/mol. The second-order valence-electron chi connectivity index (χ2n) is 7.36. The molecule has 2 heterocycles. The highest BCUT2D eigenvalue weighted by Crippen LogP contribution is 2.32. The largest absolute Gasteiger partial charge is 0.478 e. The summed E-state index contributed by atoms with van der Waals surface area (Å²) in [7, 11) is -4.08. The maximum absolute atomic E-state index is 12.9. The van der Waals surface area contributed by atoms with Crippen molar-refractivity contribution in [3.63, 3.8) is 0 Å². The Morgan fingerprint density at radius 3 is 2.59 bits per heavy atom. The zero-order chi connectivity index (χ0) is 23.4. The van der Waals surface area contributed by atoms with Crippen molar-refractivity contribution in [2.24, 2.45) is 5.92 Å². The molecule has 11 heteroatoms. The third-order valence-electron chi connectivity index (χ3n) is 5.18. The first-order valence-electron chi connectivity index (χ1n) is 10.1. The first-order valence-corrected chi connectivity index (χ1v) is 11.6. The van der Waals surface area contributed by atoms with Gasteiger partial charge in [0.1, 0.15) is 0 Å². The van der Waals surface area contributed by atoms with Gasteiger partial charge >= 0.3 is 6.18 Å². The van der Waals surface area contributed by atoms with Gasteiger partial charge in [0, 0.05) is 37.8 Å². The summed E-state index contributed by atoms with van der Waals surface area (Å²) in [5.41, 5.74) is -0.196. The molecule has 1 aliphatic heterocycles. The molecule has 2 aromatic rings. The minimum Gasteiger partial charge on any atom is -0.478 e. The minimum absolute atomic E-state index is 0.0560. The Bertz CT molecular complexity index is 1050. The number of carbonyl (C=O) groups excluding carboxylic acids is 1. The van der Waals surface area contributed by atoms with Gasteiger partial charge in [0.25, 0.3) is 0 Å². The zero-order valence-corrected chi connectivity index (χ0v) is 18.2. The van der Waals surface area contributed by atoms with Gasteiger partial charge in [0.05, 0.1) is 17.1 Å². The van der Waals surface area contributed by atoms with Crippen molar-refractivity contribution in [3.8, 4) is 5.88 Å². The molecule has 1 aliphatic rings. The summed E-state index contributed by atoms with van der Waals surface area (Å²) in [5.74, 6) is -0.112. The number of benzene rings is 1. The average Bonchev–Trinajstić information content (AvgIpc) is 2.77. The van der Waals surface area contributed by atoms with Crippen LogP contribution in [0.3, 0.4) is 0 Å². The van der Waals surface area contributed by atoms with Gasteiger partial charge in [-0.05, 0) is 49.6 Å². The molecule has 1 fully saturated rings. The third kappa shape index (κ3) is 5.77. The standard InChI is InChI=1S/C21H24F3N3O4S/c1-2-31-19-12-15(6-9-25-19)14-26-20(28)16-7-10-27(11-8-16)32(29,30)18-5-3-4-17(13-18)21(22,23)24/h3-6,9,12-13,16H,2,7-8,10-11,14H2,1H3,(H,26,28). The van der Waals surface area contributed by atoms with Crippen molar-refractivity contribution in [1.29, 1.82) is 0 Å². The molecule has 0 spiro atoms. The highest BCUT2D eigenvalue weighted by Gasteiger charge is 2.35. The summed E-state index contributed by atoms with van der Waals surface area (Å²) < 4.78 is 70.8. The van der Waals surface area contributed by atoms with Gasteiger partial charge in [0.15, 0.2) is 0 Å². The fraction of sp³-hybridized carbons (Fsp3) is 0.429. The van der Waals surface area contributed by atoms with Crippen molar-refractivity contribution in [2.45, 2.75) is 37.4 Å². The van der Waals surface area contributed by atoms with E-state index in [1.165, 1.54) is 0 Å². The highest BCUT2D eigenvalue weighted by atomic mass is 32.2. The van der Waals surface area contributed by atoms with Crippen LogP contribution in [0.5, 0.6) is 5.88 Å². The second kappa shape index (κ2) is 9.86. The van der Waals surface area contributed by atoms with E-state index in [-0.39, 0.29) is 44.3 Å². The molecule has 0 atom stereocenters. The van der Waals surface area contributed by atoms with Crippen molar-refractivity contribution in [3.05, 3.63) is 53.7 Å². The Labute approximate surface area is 184 Å². The number of hydrogen-bond acceptors (Lipinski definition) is 5. The van der Waals surface area contributed by atoms with E-state index in [4.69, 9.17) is 4.74 Å². The molecular formula is C21H24F3N3O4S. The fourth-order valence-corrected chi connectivity index (χ4v) is 4.98. The summed E-state index contributed by atoms with van der Waals surface area (Å²) in [6.45, 7) is 2.71. The van der Waals surface area contributed by atoms with Gasteiger partial charge in [0.2, 0.25) is 21.8 Å². The van der Waals surface area contributed by atoms with Crippen LogP contribution in [-0.4, -0.2) is 43.3 Å². The van der Waals surface area contributed by atoms with Gasteiger partial charge in [-0.1, -0.05) is 6.07 Å². The molecule has 1 amide bonds. The highest BCUT2D eigenvalue weighted by molar-refractivity contribution is 7.89. The Balaban J connectivity index is 1.57. The van der Waals surface area contributed by atoms with Crippen molar-refractivity contribution in [2.75, 3.05) is 19.7 Å². The van der Waals surface area contributed by atoms with Gasteiger partial charge in [-0.25, -0.2) is 13.4 Å². The molecule has 7 nitrogen and oxygen atoms in total. The summed E-state index contributed by atoms with van der Waals surface area (Å²) in [4.78, 5) is 16.2. The molecule has 3 rings (SSSR count). The molecule has 1 N–H and O–H groups in total. The number of amides is 1. The third-order valence-corrected chi connectivity index (χ3v) is 7.08. The lowest BCUT2D eigenvalue weighted by Crippen LogP contribution is -2.42. The molecule has 1 aromatic carbocycles. The number of rotatable bonds is 7. The maximum atomic E-state index is 12.9. The van der Waals surface area contributed by atoms with E-state index < -0.39 is 26.7 Å². The summed E-state index contributed by atoms with van der Waals surface area (Å²) in [6, 6.07) is 7.18. The van der Waals surface area contributed by atoms with E-state index in [2.05, 4.69) is 10.3 Å². The topological polar surface area (TPSA) is 88.6 Å². The van der Waals surface area contributed by atoms with Crippen LogP contribution in [0.1, 0.15) is 30.9 Å². The van der Waals surface area contributed by atoms with Gasteiger partial charge in [-0.3, -0.25) is 4.79 Å². The van der Waals surface area contributed by atoms with E-state index in [0.29, 0.717) is 18.6 Å². The van der Waals surface area contributed by atoms with E-state index in [1.807, 2.05) is 6.92 Å². The molecule has 32 heavy (non-hydrogen) atoms. The number of sulfonamides is 1. The van der Waals surface area contributed by atoms with Crippen molar-refractivity contribution >= 4 is 15.9 Å². The lowest BCUT2D eigenvalue weighted by molar-refractivity contribution is -0.137. The average molecular weight is 472 g/mol. The monoisotopic (exact) mass is 471 g/mol. The number of ether oxygens (including phenoxy) is 1. The van der Waals surface area contributed by atoms with Gasteiger partial charge in [-0.2, -0.15) is 17.5 Å². The number of pyridine rings is 1. The predicted molar refractivity (Wildman–Crippen MR) is 110 cm³/mol. The van der Waals surface area contributed by atoms with E-state index >= 15 is 0 Å². The number of aromatic nitrogens is 1. The first kappa shape index (κ1) is 24.0. The Morgan fingerprint density at radius 1 is 1.22 bits per heavy atom. The number of alkyl halides is 3. The van der Waals surface area contributed by atoms with Crippen LogP contribution in [0, 0.1) is 5.92 Å². The lowest BCUT2D eigenvalue weighted by atomic mass is 9.97. The quantitative estimate of drug-likeness (QED) is 0.670. The number of nitrogens with zero attached hydrogens (tertiary/aromatic N) is 2. The van der Waals surface area contributed by atoms with Crippen LogP contribution < -0.4 is 10.1 Å². The molecule has 0 radical (unpaired) electrons. The van der Waals surface area contributed by atoms with Crippen LogP contribution in [0.4, 0.5) is 13.2 Å². The Kier molecular flexibility index (Phi) is 7.40. The van der Waals surface area contributed by atoms with E-state index in [1.54, 1.807) is 18.3 Å². The Hall–Kier alpha value is -2.66. The fourth-order valence-electron chi connectivity index (χ4n) is 3.46. The number of hydrogen-bond donors (Lipinski definition) is 1. The normalized spacial score (nSPS) is 16.0. The molecule has 0 unspecified atom stereocenters. The smallest absolute Gasteiger partial charge is 0.416 e. The summed E-state index contributed by atoms with van der Waals surface area (Å²) >= 11 is 0. The van der Waals surface area contributed by atoms with Crippen LogP contribution >= 0.6 is 0 Å². The molecule has 0 aliphatic carbocycles. The van der Waals surface area contributed by atoms with Crippen LogP contribution in [0.2, 0.25) is 0 Å².